The molecular formula is C19H21NO. The van der Waals surface area contributed by atoms with Gasteiger partial charge in [-0.15, -0.1) is 0 Å². The molecule has 0 saturated heterocycles. The Bertz CT molecular complexity index is 641. The Morgan fingerprint density at radius 3 is 2.38 bits per heavy atom. The predicted molar refractivity (Wildman–Crippen MR) is 89.4 cm³/mol. The number of nitrogens with zero attached hydrogens (tertiary/aromatic N) is 1. The summed E-state index contributed by atoms with van der Waals surface area (Å²) < 4.78 is 0. The highest BCUT2D eigenvalue weighted by molar-refractivity contribution is 6.03. The molecule has 2 rings (SSSR count). The van der Waals surface area contributed by atoms with E-state index in [4.69, 9.17) is 0 Å². The lowest BCUT2D eigenvalue weighted by molar-refractivity contribution is -0.114. The third kappa shape index (κ3) is 4.06. The van der Waals surface area contributed by atoms with Crippen LogP contribution in [0.1, 0.15) is 23.6 Å². The van der Waals surface area contributed by atoms with Crippen LogP contribution in [0.25, 0.3) is 6.08 Å². The van der Waals surface area contributed by atoms with Gasteiger partial charge in [0.25, 0.3) is 5.91 Å². The minimum Gasteiger partial charge on any atom is -0.309 e. The van der Waals surface area contributed by atoms with E-state index in [0.29, 0.717) is 6.54 Å². The summed E-state index contributed by atoms with van der Waals surface area (Å²) in [7, 11) is 0. The number of amides is 1. The Morgan fingerprint density at radius 1 is 1.05 bits per heavy atom. The SMILES string of the molecule is CCN(C(=O)/C=C/c1ccc(C)cc1)c1cccc(C)c1. The van der Waals surface area contributed by atoms with Gasteiger partial charge in [-0.05, 0) is 50.1 Å². The van der Waals surface area contributed by atoms with Crippen LogP contribution in [-0.2, 0) is 4.79 Å². The molecule has 0 spiro atoms. The third-order valence-corrected chi connectivity index (χ3v) is 3.39. The molecular weight excluding hydrogens is 258 g/mol. The van der Waals surface area contributed by atoms with E-state index in [2.05, 4.69) is 6.92 Å². The molecule has 0 bridgehead atoms. The zero-order chi connectivity index (χ0) is 15.2. The fraction of sp³-hybridized carbons (Fsp3) is 0.211. The van der Waals surface area contributed by atoms with Crippen molar-refractivity contribution in [3.63, 3.8) is 0 Å². The molecule has 2 aromatic rings. The molecule has 0 aliphatic heterocycles. The second-order valence-corrected chi connectivity index (χ2v) is 5.17. The summed E-state index contributed by atoms with van der Waals surface area (Å²) in [5.74, 6) is 0.00340. The van der Waals surface area contributed by atoms with E-state index in [1.54, 1.807) is 11.0 Å². The molecule has 21 heavy (non-hydrogen) atoms. The number of likely N-dealkylation sites (N-methyl/N-ethyl adjacent to an activating group) is 1. The molecule has 0 heterocycles. The summed E-state index contributed by atoms with van der Waals surface area (Å²) in [6.07, 6.45) is 3.50. The fourth-order valence-electron chi connectivity index (χ4n) is 2.20. The molecule has 2 aromatic carbocycles. The van der Waals surface area contributed by atoms with Gasteiger partial charge in [-0.3, -0.25) is 4.79 Å². The van der Waals surface area contributed by atoms with Crippen LogP contribution in [-0.4, -0.2) is 12.5 Å². The molecule has 0 radical (unpaired) electrons. The summed E-state index contributed by atoms with van der Waals surface area (Å²) in [4.78, 5) is 14.1. The van der Waals surface area contributed by atoms with Crippen LogP contribution in [0.3, 0.4) is 0 Å². The van der Waals surface area contributed by atoms with Crippen LogP contribution in [0.4, 0.5) is 5.69 Å². The number of aryl methyl sites for hydroxylation is 2. The Balaban J connectivity index is 2.15. The highest BCUT2D eigenvalue weighted by Crippen LogP contribution is 2.16. The molecule has 0 aromatic heterocycles. The maximum absolute atomic E-state index is 12.4. The number of carbonyl (C=O) groups is 1. The Kier molecular flexibility index (Phi) is 4.94. The van der Waals surface area contributed by atoms with Crippen LogP contribution in [0.5, 0.6) is 0 Å². The van der Waals surface area contributed by atoms with Crippen molar-refractivity contribution in [3.8, 4) is 0 Å². The maximum atomic E-state index is 12.4. The van der Waals surface area contributed by atoms with Crippen molar-refractivity contribution in [1.29, 1.82) is 0 Å². The van der Waals surface area contributed by atoms with Gasteiger partial charge in [-0.2, -0.15) is 0 Å². The maximum Gasteiger partial charge on any atom is 0.250 e. The topological polar surface area (TPSA) is 20.3 Å². The molecule has 0 N–H and O–H groups in total. The lowest BCUT2D eigenvalue weighted by atomic mass is 10.1. The number of benzene rings is 2. The number of carbonyl (C=O) groups excluding carboxylic acids is 1. The lowest BCUT2D eigenvalue weighted by Crippen LogP contribution is -2.28. The quantitative estimate of drug-likeness (QED) is 0.761. The molecule has 0 aliphatic rings. The monoisotopic (exact) mass is 279 g/mol. The standard InChI is InChI=1S/C19H21NO/c1-4-20(18-7-5-6-16(3)14-18)19(21)13-12-17-10-8-15(2)9-11-17/h5-14H,4H2,1-3H3/b13-12+. The Hall–Kier alpha value is -2.35. The molecule has 0 unspecified atom stereocenters. The van der Waals surface area contributed by atoms with Crippen LogP contribution in [0.2, 0.25) is 0 Å². The van der Waals surface area contributed by atoms with Crippen LogP contribution >= 0.6 is 0 Å². The van der Waals surface area contributed by atoms with Gasteiger partial charge in [-0.1, -0.05) is 42.0 Å². The minimum atomic E-state index is 0.00340. The van der Waals surface area contributed by atoms with E-state index in [9.17, 15) is 4.79 Å². The summed E-state index contributed by atoms with van der Waals surface area (Å²) in [6.45, 7) is 6.72. The van der Waals surface area contributed by atoms with Gasteiger partial charge in [0, 0.05) is 18.3 Å². The van der Waals surface area contributed by atoms with Gasteiger partial charge in [0.1, 0.15) is 0 Å². The van der Waals surface area contributed by atoms with E-state index >= 15 is 0 Å². The van der Waals surface area contributed by atoms with E-state index in [1.807, 2.05) is 68.5 Å². The average Bonchev–Trinajstić information content (AvgIpc) is 2.47. The fourth-order valence-corrected chi connectivity index (χ4v) is 2.20. The van der Waals surface area contributed by atoms with Crippen molar-refractivity contribution >= 4 is 17.7 Å². The summed E-state index contributed by atoms with van der Waals surface area (Å²) >= 11 is 0. The first-order valence-electron chi connectivity index (χ1n) is 7.23. The summed E-state index contributed by atoms with van der Waals surface area (Å²) in [5, 5.41) is 0. The van der Waals surface area contributed by atoms with Gasteiger partial charge < -0.3 is 4.90 Å². The second kappa shape index (κ2) is 6.89. The molecule has 0 atom stereocenters. The number of hydrogen-bond acceptors (Lipinski definition) is 1. The van der Waals surface area contributed by atoms with Gasteiger partial charge in [0.2, 0.25) is 0 Å². The zero-order valence-corrected chi connectivity index (χ0v) is 12.8. The van der Waals surface area contributed by atoms with Gasteiger partial charge in [-0.25, -0.2) is 0 Å². The van der Waals surface area contributed by atoms with Crippen LogP contribution < -0.4 is 4.90 Å². The van der Waals surface area contributed by atoms with Crippen molar-refractivity contribution in [2.75, 3.05) is 11.4 Å². The van der Waals surface area contributed by atoms with Crippen molar-refractivity contribution in [2.24, 2.45) is 0 Å². The first-order valence-corrected chi connectivity index (χ1v) is 7.23. The highest BCUT2D eigenvalue weighted by Gasteiger charge is 2.10. The van der Waals surface area contributed by atoms with E-state index < -0.39 is 0 Å². The second-order valence-electron chi connectivity index (χ2n) is 5.17. The average molecular weight is 279 g/mol. The van der Waals surface area contributed by atoms with E-state index in [0.717, 1.165) is 16.8 Å². The lowest BCUT2D eigenvalue weighted by Gasteiger charge is -2.19. The van der Waals surface area contributed by atoms with Crippen LogP contribution in [0.15, 0.2) is 54.6 Å². The Labute approximate surface area is 126 Å². The number of hydrogen-bond donors (Lipinski definition) is 0. The number of anilines is 1. The normalized spacial score (nSPS) is 10.8. The Morgan fingerprint density at radius 2 is 1.76 bits per heavy atom. The van der Waals surface area contributed by atoms with Gasteiger partial charge in [0.05, 0.1) is 0 Å². The van der Waals surface area contributed by atoms with Crippen LogP contribution in [0, 0.1) is 13.8 Å². The molecule has 2 heteroatoms. The van der Waals surface area contributed by atoms with E-state index in [1.165, 1.54) is 5.56 Å². The molecule has 0 aliphatic carbocycles. The molecule has 2 nitrogen and oxygen atoms in total. The summed E-state index contributed by atoms with van der Waals surface area (Å²) in [5.41, 5.74) is 4.35. The summed E-state index contributed by atoms with van der Waals surface area (Å²) in [6, 6.07) is 16.1. The van der Waals surface area contributed by atoms with Crippen molar-refractivity contribution in [3.05, 3.63) is 71.3 Å². The first-order chi connectivity index (χ1) is 10.1. The third-order valence-electron chi connectivity index (χ3n) is 3.39. The predicted octanol–water partition coefficient (Wildman–Crippen LogP) is 4.37. The molecule has 0 fully saturated rings. The van der Waals surface area contributed by atoms with Crippen molar-refractivity contribution < 1.29 is 4.79 Å². The molecule has 1 amide bonds. The smallest absolute Gasteiger partial charge is 0.250 e. The van der Waals surface area contributed by atoms with E-state index in [-0.39, 0.29) is 5.91 Å². The molecule has 0 saturated carbocycles. The van der Waals surface area contributed by atoms with Gasteiger partial charge in [0.15, 0.2) is 0 Å². The number of rotatable bonds is 4. The molecule has 108 valence electrons. The minimum absolute atomic E-state index is 0.00340. The van der Waals surface area contributed by atoms with Crippen molar-refractivity contribution in [1.82, 2.24) is 0 Å². The largest absolute Gasteiger partial charge is 0.309 e. The first kappa shape index (κ1) is 15.0. The zero-order valence-electron chi connectivity index (χ0n) is 12.8. The van der Waals surface area contributed by atoms with Crippen molar-refractivity contribution in [2.45, 2.75) is 20.8 Å². The van der Waals surface area contributed by atoms with Gasteiger partial charge >= 0.3 is 0 Å². The highest BCUT2D eigenvalue weighted by atomic mass is 16.2.